The Morgan fingerprint density at radius 3 is 2.74 bits per heavy atom. The minimum atomic E-state index is -0.601. The van der Waals surface area contributed by atoms with Gasteiger partial charge in [-0.3, -0.25) is 0 Å². The fourth-order valence-electron chi connectivity index (χ4n) is 2.27. The van der Waals surface area contributed by atoms with E-state index in [1.54, 1.807) is 0 Å². The molecule has 1 N–H and O–H groups in total. The quantitative estimate of drug-likeness (QED) is 0.925. The number of nitrogens with zero attached hydrogens (tertiary/aromatic N) is 2. The van der Waals surface area contributed by atoms with Gasteiger partial charge >= 0.3 is 0 Å². The Hall–Kier alpha value is -1.82. The molecule has 0 amide bonds. The Kier molecular flexibility index (Phi) is 3.25. The number of rotatable bonds is 3. The zero-order valence-electron chi connectivity index (χ0n) is 10.2. The molecule has 6 heteroatoms. The van der Waals surface area contributed by atoms with Crippen LogP contribution in [0.3, 0.4) is 0 Å². The lowest BCUT2D eigenvalue weighted by Gasteiger charge is -2.01. The molecule has 0 saturated carbocycles. The van der Waals surface area contributed by atoms with Gasteiger partial charge in [-0.05, 0) is 37.1 Å². The predicted molar refractivity (Wildman–Crippen MR) is 63.4 cm³/mol. The maximum absolute atomic E-state index is 13.1. The zero-order valence-corrected chi connectivity index (χ0v) is 10.2. The molecule has 1 aromatic heterocycles. The first-order valence-corrected chi connectivity index (χ1v) is 6.21. The highest BCUT2D eigenvalue weighted by atomic mass is 19.1. The summed E-state index contributed by atoms with van der Waals surface area (Å²) >= 11 is 0. The van der Waals surface area contributed by atoms with E-state index in [-0.39, 0.29) is 12.5 Å². The Labute approximate surface area is 108 Å². The Bertz CT molecular complexity index is 559. The van der Waals surface area contributed by atoms with Crippen molar-refractivity contribution in [3.05, 3.63) is 47.1 Å². The van der Waals surface area contributed by atoms with E-state index in [9.17, 15) is 8.78 Å². The van der Waals surface area contributed by atoms with Crippen molar-refractivity contribution in [2.45, 2.75) is 25.3 Å². The molecule has 19 heavy (non-hydrogen) atoms. The number of aromatic nitrogens is 2. The smallest absolute Gasteiger partial charge is 0.243 e. The van der Waals surface area contributed by atoms with Crippen molar-refractivity contribution in [3.8, 4) is 0 Å². The van der Waals surface area contributed by atoms with Crippen LogP contribution < -0.4 is 5.32 Å². The highest BCUT2D eigenvalue weighted by molar-refractivity contribution is 5.21. The van der Waals surface area contributed by atoms with Gasteiger partial charge in [0.05, 0.1) is 6.04 Å². The monoisotopic (exact) mass is 265 g/mol. The van der Waals surface area contributed by atoms with Crippen molar-refractivity contribution in [3.63, 3.8) is 0 Å². The van der Waals surface area contributed by atoms with Crippen LogP contribution in [0.5, 0.6) is 0 Å². The number of nitrogens with one attached hydrogen (secondary N) is 1. The molecule has 1 unspecified atom stereocenters. The molecule has 1 aliphatic heterocycles. The summed E-state index contributed by atoms with van der Waals surface area (Å²) in [4.78, 5) is 4.26. The van der Waals surface area contributed by atoms with E-state index in [1.807, 2.05) is 0 Å². The lowest BCUT2D eigenvalue weighted by Crippen LogP contribution is -2.13. The summed E-state index contributed by atoms with van der Waals surface area (Å²) in [6, 6.07) is 3.48. The molecular formula is C13H13F2N3O. The van der Waals surface area contributed by atoms with E-state index >= 15 is 0 Å². The SMILES string of the molecule is Fc1cc(F)cc(Cc2noc(C3CCCN3)n2)c1. The van der Waals surface area contributed by atoms with E-state index in [4.69, 9.17) is 4.52 Å². The van der Waals surface area contributed by atoms with Gasteiger partial charge in [-0.1, -0.05) is 5.16 Å². The average molecular weight is 265 g/mol. The van der Waals surface area contributed by atoms with Gasteiger partial charge in [-0.25, -0.2) is 8.78 Å². The van der Waals surface area contributed by atoms with E-state index < -0.39 is 11.6 Å². The predicted octanol–water partition coefficient (Wildman–Crippen LogP) is 2.36. The largest absolute Gasteiger partial charge is 0.338 e. The van der Waals surface area contributed by atoms with Crippen LogP contribution in [-0.4, -0.2) is 16.7 Å². The molecule has 1 aliphatic rings. The molecule has 0 bridgehead atoms. The van der Waals surface area contributed by atoms with Crippen molar-refractivity contribution in [1.29, 1.82) is 0 Å². The number of hydrogen-bond donors (Lipinski definition) is 1. The molecule has 1 saturated heterocycles. The normalized spacial score (nSPS) is 18.9. The van der Waals surface area contributed by atoms with Gasteiger partial charge in [-0.2, -0.15) is 4.98 Å². The maximum atomic E-state index is 13.1. The number of hydrogen-bond acceptors (Lipinski definition) is 4. The molecule has 4 nitrogen and oxygen atoms in total. The lowest BCUT2D eigenvalue weighted by molar-refractivity contribution is 0.341. The van der Waals surface area contributed by atoms with Crippen molar-refractivity contribution >= 4 is 0 Å². The zero-order chi connectivity index (χ0) is 13.2. The average Bonchev–Trinajstić information content (AvgIpc) is 2.96. The van der Waals surface area contributed by atoms with Crippen LogP contribution in [-0.2, 0) is 6.42 Å². The second-order valence-electron chi connectivity index (χ2n) is 4.65. The molecule has 1 atom stereocenters. The summed E-state index contributed by atoms with van der Waals surface area (Å²) in [6.07, 6.45) is 2.30. The Balaban J connectivity index is 1.76. The van der Waals surface area contributed by atoms with Gasteiger partial charge in [0.1, 0.15) is 11.6 Å². The van der Waals surface area contributed by atoms with E-state index in [1.165, 1.54) is 12.1 Å². The molecular weight excluding hydrogens is 252 g/mol. The maximum Gasteiger partial charge on any atom is 0.243 e. The van der Waals surface area contributed by atoms with Crippen LogP contribution in [0.15, 0.2) is 22.7 Å². The Morgan fingerprint density at radius 1 is 1.26 bits per heavy atom. The standard InChI is InChI=1S/C13H13F2N3O/c14-9-4-8(5-10(15)7-9)6-12-17-13(19-18-12)11-2-1-3-16-11/h4-5,7,11,16H,1-3,6H2. The molecule has 100 valence electrons. The summed E-state index contributed by atoms with van der Waals surface area (Å²) in [7, 11) is 0. The minimum absolute atomic E-state index is 0.102. The van der Waals surface area contributed by atoms with Crippen molar-refractivity contribution < 1.29 is 13.3 Å². The molecule has 0 aliphatic carbocycles. The van der Waals surface area contributed by atoms with Crippen LogP contribution >= 0.6 is 0 Å². The van der Waals surface area contributed by atoms with Gasteiger partial charge in [0.15, 0.2) is 5.82 Å². The van der Waals surface area contributed by atoms with Crippen LogP contribution in [0.2, 0.25) is 0 Å². The fraction of sp³-hybridized carbons (Fsp3) is 0.385. The Morgan fingerprint density at radius 2 is 2.05 bits per heavy atom. The van der Waals surface area contributed by atoms with Gasteiger partial charge in [0.25, 0.3) is 0 Å². The third kappa shape index (κ3) is 2.78. The lowest BCUT2D eigenvalue weighted by atomic mass is 10.1. The molecule has 1 fully saturated rings. The van der Waals surface area contributed by atoms with Crippen molar-refractivity contribution in [2.24, 2.45) is 0 Å². The summed E-state index contributed by atoms with van der Waals surface area (Å²) in [5, 5.41) is 7.10. The first kappa shape index (κ1) is 12.2. The van der Waals surface area contributed by atoms with Gasteiger partial charge < -0.3 is 9.84 Å². The van der Waals surface area contributed by atoms with Crippen LogP contribution in [0.1, 0.15) is 36.2 Å². The highest BCUT2D eigenvalue weighted by Crippen LogP contribution is 2.21. The van der Waals surface area contributed by atoms with Crippen molar-refractivity contribution in [2.75, 3.05) is 6.54 Å². The van der Waals surface area contributed by atoms with Gasteiger partial charge in [-0.15, -0.1) is 0 Å². The fourth-order valence-corrected chi connectivity index (χ4v) is 2.27. The summed E-state index contributed by atoms with van der Waals surface area (Å²) in [5.74, 6) is -0.217. The summed E-state index contributed by atoms with van der Waals surface area (Å²) in [6.45, 7) is 0.942. The summed E-state index contributed by atoms with van der Waals surface area (Å²) < 4.78 is 31.3. The van der Waals surface area contributed by atoms with Gasteiger partial charge in [0.2, 0.25) is 5.89 Å². The molecule has 2 heterocycles. The van der Waals surface area contributed by atoms with Crippen LogP contribution in [0.4, 0.5) is 8.78 Å². The highest BCUT2D eigenvalue weighted by Gasteiger charge is 2.22. The summed E-state index contributed by atoms with van der Waals surface area (Å²) in [5.41, 5.74) is 0.490. The van der Waals surface area contributed by atoms with E-state index in [2.05, 4.69) is 15.5 Å². The van der Waals surface area contributed by atoms with E-state index in [0.717, 1.165) is 25.5 Å². The van der Waals surface area contributed by atoms with Gasteiger partial charge in [0, 0.05) is 12.5 Å². The van der Waals surface area contributed by atoms with Crippen LogP contribution in [0, 0.1) is 11.6 Å². The third-order valence-corrected chi connectivity index (χ3v) is 3.13. The molecule has 2 aromatic rings. The minimum Gasteiger partial charge on any atom is -0.338 e. The second kappa shape index (κ2) is 5.05. The number of benzene rings is 1. The first-order chi connectivity index (χ1) is 9.20. The molecule has 3 rings (SSSR count). The van der Waals surface area contributed by atoms with Crippen molar-refractivity contribution in [1.82, 2.24) is 15.5 Å². The number of halogens is 2. The topological polar surface area (TPSA) is 51.0 Å². The molecule has 1 aromatic carbocycles. The molecule has 0 radical (unpaired) electrons. The molecule has 0 spiro atoms. The third-order valence-electron chi connectivity index (χ3n) is 3.13. The van der Waals surface area contributed by atoms with E-state index in [0.29, 0.717) is 17.3 Å². The first-order valence-electron chi connectivity index (χ1n) is 6.21. The second-order valence-corrected chi connectivity index (χ2v) is 4.65. The van der Waals surface area contributed by atoms with Crippen LogP contribution in [0.25, 0.3) is 0 Å².